The van der Waals surface area contributed by atoms with Crippen LogP contribution in [0.1, 0.15) is 37.3 Å². The Balaban J connectivity index is 1.81. The molecule has 0 spiro atoms. The van der Waals surface area contributed by atoms with Gasteiger partial charge in [-0.3, -0.25) is 0 Å². The molecule has 31 heavy (non-hydrogen) atoms. The van der Waals surface area contributed by atoms with Crippen molar-refractivity contribution in [3.8, 4) is 11.8 Å². The summed E-state index contributed by atoms with van der Waals surface area (Å²) in [6.07, 6.45) is -0.978. The molecule has 0 unspecified atom stereocenters. The number of alkyl halides is 3. The van der Waals surface area contributed by atoms with Gasteiger partial charge in [0.05, 0.1) is 12.3 Å². The molecule has 3 rings (SSSR count). The van der Waals surface area contributed by atoms with Crippen LogP contribution >= 0.6 is 0 Å². The zero-order valence-corrected chi connectivity index (χ0v) is 17.2. The first-order valence-electron chi connectivity index (χ1n) is 10.1. The topological polar surface area (TPSA) is 56.3 Å². The molecular weight excluding hydrogens is 407 g/mol. The first-order chi connectivity index (χ1) is 15.0. The highest BCUT2D eigenvalue weighted by molar-refractivity contribution is 5.66. The number of halogens is 3. The second-order valence-corrected chi connectivity index (χ2v) is 6.86. The van der Waals surface area contributed by atoms with Gasteiger partial charge in [-0.2, -0.15) is 18.2 Å². The molecule has 0 aliphatic carbocycles. The van der Waals surface area contributed by atoms with Crippen molar-refractivity contribution in [3.05, 3.63) is 71.9 Å². The van der Waals surface area contributed by atoms with E-state index in [0.717, 1.165) is 31.0 Å². The third-order valence-electron chi connectivity index (χ3n) is 4.43. The Hall–Kier alpha value is -3.29. The Morgan fingerprint density at radius 3 is 2.42 bits per heavy atom. The Labute approximate surface area is 179 Å². The largest absolute Gasteiger partial charge is 0.491 e. The highest BCUT2D eigenvalue weighted by Gasteiger charge is 2.35. The molecule has 1 N–H and O–H groups in total. The number of aromatic nitrogens is 2. The molecule has 0 saturated heterocycles. The van der Waals surface area contributed by atoms with E-state index in [1.807, 2.05) is 30.3 Å². The minimum Gasteiger partial charge on any atom is -0.491 e. The fourth-order valence-corrected chi connectivity index (χ4v) is 2.82. The molecule has 0 aliphatic rings. The molecule has 1 heterocycles. The lowest BCUT2D eigenvalue weighted by Crippen LogP contribution is -2.13. The van der Waals surface area contributed by atoms with Gasteiger partial charge in [0.2, 0.25) is 0 Å². The van der Waals surface area contributed by atoms with Crippen molar-refractivity contribution < 1.29 is 22.6 Å². The zero-order valence-electron chi connectivity index (χ0n) is 17.2. The predicted molar refractivity (Wildman–Crippen MR) is 113 cm³/mol. The summed E-state index contributed by atoms with van der Waals surface area (Å²) in [6.45, 7) is 2.71. The van der Waals surface area contributed by atoms with E-state index < -0.39 is 17.6 Å². The molecule has 0 fully saturated rings. The molecule has 0 saturated carbocycles. The minimum absolute atomic E-state index is 0.142. The third-order valence-corrected chi connectivity index (χ3v) is 4.43. The van der Waals surface area contributed by atoms with Crippen LogP contribution in [0.3, 0.4) is 0 Å². The quantitative estimate of drug-likeness (QED) is 0.377. The molecule has 0 radical (unpaired) electrons. The maximum Gasteiger partial charge on any atom is 0.421 e. The normalized spacial score (nSPS) is 11.2. The van der Waals surface area contributed by atoms with Crippen LogP contribution in [0.25, 0.3) is 0 Å². The van der Waals surface area contributed by atoms with Gasteiger partial charge in [-0.15, -0.1) is 0 Å². The summed E-state index contributed by atoms with van der Waals surface area (Å²) in [5.74, 6) is 0.0623. The van der Waals surface area contributed by atoms with E-state index in [1.165, 1.54) is 0 Å². The third kappa shape index (κ3) is 6.60. The van der Waals surface area contributed by atoms with Gasteiger partial charge in [-0.05, 0) is 24.1 Å². The van der Waals surface area contributed by atoms with Crippen LogP contribution in [0.15, 0.2) is 60.8 Å². The highest BCUT2D eigenvalue weighted by Crippen LogP contribution is 2.37. The monoisotopic (exact) mass is 431 g/mol. The molecule has 164 valence electrons. The Kier molecular flexibility index (Phi) is 7.70. The number of rotatable bonds is 10. The number of unbranched alkanes of at least 4 members (excludes halogenated alkanes) is 2. The van der Waals surface area contributed by atoms with E-state index in [2.05, 4.69) is 22.2 Å². The number of benzene rings is 2. The van der Waals surface area contributed by atoms with E-state index in [9.17, 15) is 13.2 Å². The summed E-state index contributed by atoms with van der Waals surface area (Å²) < 4.78 is 51.8. The van der Waals surface area contributed by atoms with Gasteiger partial charge >= 0.3 is 12.2 Å². The minimum atomic E-state index is -4.63. The molecule has 0 atom stereocenters. The maximum atomic E-state index is 13.5. The number of hydrogen-bond acceptors (Lipinski definition) is 5. The Morgan fingerprint density at radius 1 is 0.935 bits per heavy atom. The van der Waals surface area contributed by atoms with Crippen LogP contribution in [-0.4, -0.2) is 16.6 Å². The lowest BCUT2D eigenvalue weighted by atomic mass is 10.2. The summed E-state index contributed by atoms with van der Waals surface area (Å²) in [4.78, 5) is 7.71. The smallest absolute Gasteiger partial charge is 0.421 e. The van der Waals surface area contributed by atoms with Gasteiger partial charge < -0.3 is 14.8 Å². The summed E-state index contributed by atoms with van der Waals surface area (Å²) in [7, 11) is 0. The highest BCUT2D eigenvalue weighted by atomic mass is 19.4. The van der Waals surface area contributed by atoms with E-state index in [-0.39, 0.29) is 12.6 Å². The van der Waals surface area contributed by atoms with Crippen molar-refractivity contribution in [2.75, 3.05) is 11.9 Å². The van der Waals surface area contributed by atoms with Crippen LogP contribution in [0.5, 0.6) is 11.8 Å². The predicted octanol–water partition coefficient (Wildman–Crippen LogP) is 6.39. The second kappa shape index (κ2) is 10.7. The van der Waals surface area contributed by atoms with E-state index in [1.54, 1.807) is 24.3 Å². The summed E-state index contributed by atoms with van der Waals surface area (Å²) in [5, 5.41) is 2.75. The average molecular weight is 431 g/mol. The van der Waals surface area contributed by atoms with Crippen LogP contribution in [0.4, 0.5) is 24.7 Å². The average Bonchev–Trinajstić information content (AvgIpc) is 2.76. The zero-order chi connectivity index (χ0) is 22.1. The van der Waals surface area contributed by atoms with Crippen LogP contribution in [-0.2, 0) is 12.8 Å². The molecule has 5 nitrogen and oxygen atoms in total. The molecule has 8 heteroatoms. The molecular formula is C23H24F3N3O2. The number of nitrogens with zero attached hydrogens (tertiary/aromatic N) is 2. The van der Waals surface area contributed by atoms with Gasteiger partial charge in [0, 0.05) is 6.20 Å². The first kappa shape index (κ1) is 22.4. The lowest BCUT2D eigenvalue weighted by molar-refractivity contribution is -0.137. The fourth-order valence-electron chi connectivity index (χ4n) is 2.82. The van der Waals surface area contributed by atoms with Gasteiger partial charge in [-0.25, -0.2) is 4.98 Å². The SMILES string of the molecule is CCCCCOc1ccccc1Nc1nc(OCc2ccccc2)ncc1C(F)(F)F. The van der Waals surface area contributed by atoms with Crippen LogP contribution < -0.4 is 14.8 Å². The van der Waals surface area contributed by atoms with Gasteiger partial charge in [0.1, 0.15) is 23.7 Å². The van der Waals surface area contributed by atoms with Crippen molar-refractivity contribution >= 4 is 11.5 Å². The molecule has 0 amide bonds. The first-order valence-corrected chi connectivity index (χ1v) is 10.1. The number of anilines is 2. The van der Waals surface area contributed by atoms with E-state index in [0.29, 0.717) is 18.0 Å². The Morgan fingerprint density at radius 2 is 1.68 bits per heavy atom. The van der Waals surface area contributed by atoms with Crippen molar-refractivity contribution in [1.29, 1.82) is 0 Å². The van der Waals surface area contributed by atoms with Crippen molar-refractivity contribution in [2.24, 2.45) is 0 Å². The van der Waals surface area contributed by atoms with Gasteiger partial charge in [0.25, 0.3) is 0 Å². The van der Waals surface area contributed by atoms with Gasteiger partial charge in [0.15, 0.2) is 0 Å². The van der Waals surface area contributed by atoms with Gasteiger partial charge in [-0.1, -0.05) is 62.2 Å². The molecule has 3 aromatic rings. The molecule has 0 bridgehead atoms. The van der Waals surface area contributed by atoms with E-state index >= 15 is 0 Å². The van der Waals surface area contributed by atoms with Crippen molar-refractivity contribution in [2.45, 2.75) is 39.0 Å². The summed E-state index contributed by atoms with van der Waals surface area (Å²) in [6, 6.07) is 15.9. The summed E-state index contributed by atoms with van der Waals surface area (Å²) >= 11 is 0. The number of ether oxygens (including phenoxy) is 2. The number of para-hydroxylation sites is 2. The lowest BCUT2D eigenvalue weighted by Gasteiger charge is -2.17. The standard InChI is InChI=1S/C23H24F3N3O2/c1-2-3-9-14-30-20-13-8-7-12-19(20)28-21-18(23(24,25)26)15-27-22(29-21)31-16-17-10-5-4-6-11-17/h4-8,10-13,15H,2-3,9,14,16H2,1H3,(H,27,28,29). The van der Waals surface area contributed by atoms with Crippen LogP contribution in [0.2, 0.25) is 0 Å². The number of nitrogens with one attached hydrogen (secondary N) is 1. The maximum absolute atomic E-state index is 13.5. The second-order valence-electron chi connectivity index (χ2n) is 6.86. The van der Waals surface area contributed by atoms with E-state index in [4.69, 9.17) is 9.47 Å². The van der Waals surface area contributed by atoms with Crippen LogP contribution in [0, 0.1) is 0 Å². The van der Waals surface area contributed by atoms with Crippen molar-refractivity contribution in [1.82, 2.24) is 9.97 Å². The fraction of sp³-hybridized carbons (Fsp3) is 0.304. The van der Waals surface area contributed by atoms with Crippen molar-refractivity contribution in [3.63, 3.8) is 0 Å². The molecule has 1 aromatic heterocycles. The number of hydrogen-bond donors (Lipinski definition) is 1. The molecule has 2 aromatic carbocycles. The Bertz CT molecular complexity index is 966. The molecule has 0 aliphatic heterocycles. The summed E-state index contributed by atoms with van der Waals surface area (Å²) in [5.41, 5.74) is 0.254.